The van der Waals surface area contributed by atoms with Gasteiger partial charge in [-0.2, -0.15) is 5.10 Å². The van der Waals surface area contributed by atoms with Crippen molar-refractivity contribution in [3.05, 3.63) is 70.7 Å². The molecule has 0 saturated carbocycles. The highest BCUT2D eigenvalue weighted by molar-refractivity contribution is 9.10. The largest absolute Gasteiger partial charge is 0.488 e. The topological polar surface area (TPSA) is 53.9 Å². The van der Waals surface area contributed by atoms with E-state index in [0.717, 1.165) is 34.6 Å². The van der Waals surface area contributed by atoms with Crippen molar-refractivity contribution in [2.75, 3.05) is 24.6 Å². The van der Waals surface area contributed by atoms with Crippen molar-refractivity contribution < 1.29 is 9.53 Å². The van der Waals surface area contributed by atoms with Crippen LogP contribution in [0.4, 0.5) is 5.69 Å². The molecule has 0 bridgehead atoms. The van der Waals surface area contributed by atoms with E-state index in [2.05, 4.69) is 37.9 Å². The van der Waals surface area contributed by atoms with E-state index < -0.39 is 0 Å². The van der Waals surface area contributed by atoms with Gasteiger partial charge in [0.15, 0.2) is 0 Å². The summed E-state index contributed by atoms with van der Waals surface area (Å²) in [5, 5.41) is 4.04. The number of nitrogens with one attached hydrogen (secondary N) is 1. The minimum absolute atomic E-state index is 0.232. The normalized spacial score (nSPS) is 13.7. The predicted molar refractivity (Wildman–Crippen MR) is 113 cm³/mol. The number of halogens is 1. The Morgan fingerprint density at radius 2 is 1.96 bits per heavy atom. The molecule has 0 atom stereocenters. The first-order valence-electron chi connectivity index (χ1n) is 8.89. The monoisotopic (exact) mass is 427 g/mol. The Balaban J connectivity index is 1.56. The molecule has 1 fully saturated rings. The molecule has 27 heavy (non-hydrogen) atoms. The van der Waals surface area contributed by atoms with Crippen LogP contribution in [-0.2, 0) is 0 Å². The summed E-state index contributed by atoms with van der Waals surface area (Å²) < 4.78 is 6.32. The highest BCUT2D eigenvalue weighted by atomic mass is 79.9. The van der Waals surface area contributed by atoms with Crippen molar-refractivity contribution in [2.45, 2.75) is 12.8 Å². The molecule has 3 rings (SSSR count). The van der Waals surface area contributed by atoms with Gasteiger partial charge in [-0.15, -0.1) is 0 Å². The molecule has 1 heterocycles. The van der Waals surface area contributed by atoms with Gasteiger partial charge in [0.1, 0.15) is 12.4 Å². The number of hydrogen-bond donors (Lipinski definition) is 1. The third kappa shape index (κ3) is 5.20. The lowest BCUT2D eigenvalue weighted by atomic mass is 10.2. The molecule has 1 saturated heterocycles. The van der Waals surface area contributed by atoms with Crippen LogP contribution in [0.25, 0.3) is 0 Å². The summed E-state index contributed by atoms with van der Waals surface area (Å²) in [6.45, 7) is 6.24. The number of ether oxygens (including phenoxy) is 1. The molecule has 2 aromatic rings. The number of hydrazone groups is 1. The SMILES string of the molecule is C=CCOc1ccc(/C=N\NC(=O)c2ccc(N3CCCC3)cc2)cc1Br. The fourth-order valence-corrected chi connectivity index (χ4v) is 3.40. The Bertz CT molecular complexity index is 828. The molecule has 5 nitrogen and oxygen atoms in total. The Morgan fingerprint density at radius 1 is 1.22 bits per heavy atom. The highest BCUT2D eigenvalue weighted by Crippen LogP contribution is 2.25. The van der Waals surface area contributed by atoms with Crippen LogP contribution >= 0.6 is 15.9 Å². The molecule has 0 aromatic heterocycles. The molecular weight excluding hydrogens is 406 g/mol. The van der Waals surface area contributed by atoms with Gasteiger partial charge in [0.2, 0.25) is 0 Å². The van der Waals surface area contributed by atoms with Gasteiger partial charge in [-0.05, 0) is 76.8 Å². The van der Waals surface area contributed by atoms with Gasteiger partial charge in [0.25, 0.3) is 5.91 Å². The number of amides is 1. The van der Waals surface area contributed by atoms with Crippen LogP contribution in [0.1, 0.15) is 28.8 Å². The molecule has 0 spiro atoms. The van der Waals surface area contributed by atoms with Crippen molar-refractivity contribution in [3.8, 4) is 5.75 Å². The van der Waals surface area contributed by atoms with Crippen molar-refractivity contribution >= 4 is 33.7 Å². The summed E-state index contributed by atoms with van der Waals surface area (Å²) in [7, 11) is 0. The summed E-state index contributed by atoms with van der Waals surface area (Å²) in [4.78, 5) is 14.6. The zero-order chi connectivity index (χ0) is 19.1. The van der Waals surface area contributed by atoms with E-state index in [0.29, 0.717) is 12.2 Å². The number of anilines is 1. The lowest BCUT2D eigenvalue weighted by Crippen LogP contribution is -2.19. The summed E-state index contributed by atoms with van der Waals surface area (Å²) in [5.41, 5.74) is 5.16. The molecule has 6 heteroatoms. The second kappa shape index (κ2) is 9.37. The van der Waals surface area contributed by atoms with Gasteiger partial charge in [0.05, 0.1) is 10.7 Å². The maximum atomic E-state index is 12.2. The van der Waals surface area contributed by atoms with Crippen LogP contribution in [0.15, 0.2) is 64.7 Å². The van der Waals surface area contributed by atoms with Crippen LogP contribution in [0.3, 0.4) is 0 Å². The maximum absolute atomic E-state index is 12.2. The van der Waals surface area contributed by atoms with Gasteiger partial charge >= 0.3 is 0 Å². The summed E-state index contributed by atoms with van der Waals surface area (Å²) >= 11 is 3.46. The minimum atomic E-state index is -0.232. The number of carbonyl (C=O) groups is 1. The standard InChI is InChI=1S/C21H22BrN3O2/c1-2-13-27-20-10-5-16(14-19(20)22)15-23-24-21(26)17-6-8-18(9-7-17)25-11-3-4-12-25/h2,5-10,14-15H,1,3-4,11-13H2,(H,24,26)/b23-15-. The molecule has 1 N–H and O–H groups in total. The van der Waals surface area contributed by atoms with Gasteiger partial charge in [-0.3, -0.25) is 4.79 Å². The molecule has 1 amide bonds. The minimum Gasteiger partial charge on any atom is -0.488 e. The number of nitrogens with zero attached hydrogens (tertiary/aromatic N) is 2. The van der Waals surface area contributed by atoms with Gasteiger partial charge < -0.3 is 9.64 Å². The van der Waals surface area contributed by atoms with Crippen LogP contribution < -0.4 is 15.1 Å². The van der Waals surface area contributed by atoms with Gasteiger partial charge in [-0.1, -0.05) is 12.7 Å². The Kier molecular flexibility index (Phi) is 6.65. The van der Waals surface area contributed by atoms with Gasteiger partial charge in [-0.25, -0.2) is 5.43 Å². The average molecular weight is 428 g/mol. The Morgan fingerprint density at radius 3 is 2.63 bits per heavy atom. The molecule has 0 aliphatic carbocycles. The number of benzene rings is 2. The van der Waals surface area contributed by atoms with E-state index in [9.17, 15) is 4.79 Å². The molecule has 140 valence electrons. The number of hydrogen-bond acceptors (Lipinski definition) is 4. The van der Waals surface area contributed by atoms with Crippen LogP contribution in [0, 0.1) is 0 Å². The van der Waals surface area contributed by atoms with Crippen LogP contribution in [0.5, 0.6) is 5.75 Å². The van der Waals surface area contributed by atoms with E-state index in [1.165, 1.54) is 12.8 Å². The second-order valence-electron chi connectivity index (χ2n) is 6.23. The quantitative estimate of drug-likeness (QED) is 0.405. The first kappa shape index (κ1) is 19.2. The van der Waals surface area contributed by atoms with E-state index in [4.69, 9.17) is 4.74 Å². The van der Waals surface area contributed by atoms with E-state index >= 15 is 0 Å². The Labute approximate surface area is 167 Å². The summed E-state index contributed by atoms with van der Waals surface area (Å²) in [5.74, 6) is 0.499. The zero-order valence-corrected chi connectivity index (χ0v) is 16.6. The number of carbonyl (C=O) groups excluding carboxylic acids is 1. The van der Waals surface area contributed by atoms with E-state index in [1.54, 1.807) is 12.3 Å². The van der Waals surface area contributed by atoms with Crippen molar-refractivity contribution in [1.29, 1.82) is 0 Å². The van der Waals surface area contributed by atoms with Gasteiger partial charge in [0, 0.05) is 24.3 Å². The summed E-state index contributed by atoms with van der Waals surface area (Å²) in [6.07, 6.45) is 5.75. The molecule has 0 unspecified atom stereocenters. The molecule has 0 radical (unpaired) electrons. The lowest BCUT2D eigenvalue weighted by Gasteiger charge is -2.17. The predicted octanol–water partition coefficient (Wildman–Crippen LogP) is 4.38. The molecular formula is C21H22BrN3O2. The maximum Gasteiger partial charge on any atom is 0.271 e. The average Bonchev–Trinajstić information content (AvgIpc) is 3.22. The highest BCUT2D eigenvalue weighted by Gasteiger charge is 2.12. The number of rotatable bonds is 7. The second-order valence-corrected chi connectivity index (χ2v) is 7.08. The smallest absolute Gasteiger partial charge is 0.271 e. The van der Waals surface area contributed by atoms with E-state index in [-0.39, 0.29) is 5.91 Å². The fourth-order valence-electron chi connectivity index (χ4n) is 2.89. The molecule has 2 aromatic carbocycles. The molecule has 1 aliphatic rings. The Hall–Kier alpha value is -2.60. The first-order valence-corrected chi connectivity index (χ1v) is 9.68. The third-order valence-corrected chi connectivity index (χ3v) is 4.91. The molecule has 1 aliphatic heterocycles. The summed E-state index contributed by atoms with van der Waals surface area (Å²) in [6, 6.07) is 13.2. The third-order valence-electron chi connectivity index (χ3n) is 4.29. The van der Waals surface area contributed by atoms with Crippen LogP contribution in [0.2, 0.25) is 0 Å². The van der Waals surface area contributed by atoms with E-state index in [1.807, 2.05) is 42.5 Å². The van der Waals surface area contributed by atoms with Crippen molar-refractivity contribution in [1.82, 2.24) is 5.43 Å². The van der Waals surface area contributed by atoms with Crippen molar-refractivity contribution in [3.63, 3.8) is 0 Å². The van der Waals surface area contributed by atoms with Crippen molar-refractivity contribution in [2.24, 2.45) is 5.10 Å². The zero-order valence-electron chi connectivity index (χ0n) is 15.0. The lowest BCUT2D eigenvalue weighted by molar-refractivity contribution is 0.0955. The fraction of sp³-hybridized carbons (Fsp3) is 0.238. The first-order chi connectivity index (χ1) is 13.2. The van der Waals surface area contributed by atoms with Crippen LogP contribution in [-0.4, -0.2) is 31.8 Å².